The van der Waals surface area contributed by atoms with Gasteiger partial charge in [0.15, 0.2) is 15.8 Å². The van der Waals surface area contributed by atoms with Crippen molar-refractivity contribution < 1.29 is 8.42 Å². The maximum absolute atomic E-state index is 12.1. The summed E-state index contributed by atoms with van der Waals surface area (Å²) in [4.78, 5) is 9.04. The molecule has 1 aromatic heterocycles. The molecule has 0 aromatic carbocycles. The van der Waals surface area contributed by atoms with Gasteiger partial charge in [-0.1, -0.05) is 13.8 Å². The topological polar surface area (TPSA) is 83.4 Å². The van der Waals surface area contributed by atoms with Crippen molar-refractivity contribution in [3.63, 3.8) is 0 Å². The normalized spacial score (nSPS) is 12.8. The Labute approximate surface area is 173 Å². The number of rotatable bonds is 7. The lowest BCUT2D eigenvalue weighted by atomic mass is 10.2. The fourth-order valence-corrected chi connectivity index (χ4v) is 3.62. The molecule has 0 saturated heterocycles. The molecule has 0 unspecified atom stereocenters. The molecule has 0 aliphatic carbocycles. The van der Waals surface area contributed by atoms with Crippen LogP contribution in [0.15, 0.2) is 10.4 Å². The fraction of sp³-hybridized carbons (Fsp3) is 0.750. The second-order valence-corrected chi connectivity index (χ2v) is 10.7. The number of sulfone groups is 1. The number of thiazole rings is 1. The smallest absolute Gasteiger partial charge is 0.191 e. The second-order valence-electron chi connectivity index (χ2n) is 6.87. The molecule has 146 valence electrons. The highest BCUT2D eigenvalue weighted by atomic mass is 127. The van der Waals surface area contributed by atoms with Crippen molar-refractivity contribution in [2.24, 2.45) is 4.99 Å². The van der Waals surface area contributed by atoms with E-state index >= 15 is 0 Å². The molecule has 0 saturated carbocycles. The number of guanidine groups is 1. The number of halogens is 1. The highest BCUT2D eigenvalue weighted by Gasteiger charge is 2.28. The highest BCUT2D eigenvalue weighted by Crippen LogP contribution is 2.18. The zero-order valence-electron chi connectivity index (χ0n) is 15.9. The Bertz CT molecular complexity index is 649. The van der Waals surface area contributed by atoms with Crippen molar-refractivity contribution in [2.75, 3.05) is 18.8 Å². The van der Waals surface area contributed by atoms with Gasteiger partial charge in [-0.05, 0) is 33.6 Å². The van der Waals surface area contributed by atoms with Crippen molar-refractivity contribution in [3.8, 4) is 0 Å². The van der Waals surface area contributed by atoms with E-state index in [0.717, 1.165) is 10.7 Å². The minimum Gasteiger partial charge on any atom is -0.357 e. The predicted octanol–water partition coefficient (Wildman–Crippen LogP) is 3.15. The summed E-state index contributed by atoms with van der Waals surface area (Å²) in [6.45, 7) is 12.9. The molecule has 0 amide bonds. The number of hydrogen-bond acceptors (Lipinski definition) is 5. The lowest BCUT2D eigenvalue weighted by Gasteiger charge is -2.19. The van der Waals surface area contributed by atoms with Crippen LogP contribution in [0.25, 0.3) is 0 Å². The lowest BCUT2D eigenvalue weighted by molar-refractivity contribution is 0.559. The van der Waals surface area contributed by atoms with E-state index in [2.05, 4.69) is 39.8 Å². The molecule has 0 spiro atoms. The second kappa shape index (κ2) is 10.7. The largest absolute Gasteiger partial charge is 0.357 e. The standard InChI is InChI=1S/C16H30N4O2S2.HI/c1-7-17-15(18-8-9-24(21,22)16(4,5)6)19-10-14-20-13(11-23-14)12(2)3;/h11-12H,7-10H2,1-6H3,(H2,17,18,19);1H. The van der Waals surface area contributed by atoms with E-state index in [1.165, 1.54) is 0 Å². The molecule has 0 fully saturated rings. The van der Waals surface area contributed by atoms with Crippen LogP contribution >= 0.6 is 35.3 Å². The van der Waals surface area contributed by atoms with Crippen LogP contribution in [0.2, 0.25) is 0 Å². The third-order valence-corrected chi connectivity index (χ3v) is 6.93. The van der Waals surface area contributed by atoms with Gasteiger partial charge in [0.1, 0.15) is 5.01 Å². The summed E-state index contributed by atoms with van der Waals surface area (Å²) >= 11 is 1.60. The van der Waals surface area contributed by atoms with Crippen molar-refractivity contribution in [2.45, 2.75) is 58.8 Å². The Balaban J connectivity index is 0.00000576. The van der Waals surface area contributed by atoms with E-state index in [9.17, 15) is 8.42 Å². The number of nitrogens with zero attached hydrogens (tertiary/aromatic N) is 2. The predicted molar refractivity (Wildman–Crippen MR) is 118 cm³/mol. The molecular formula is C16H31IN4O2S2. The molecule has 0 bridgehead atoms. The first kappa shape index (κ1) is 24.6. The fourth-order valence-electron chi connectivity index (χ4n) is 1.76. The molecule has 2 N–H and O–H groups in total. The van der Waals surface area contributed by atoms with Crippen molar-refractivity contribution >= 4 is 51.1 Å². The molecular weight excluding hydrogens is 471 g/mol. The highest BCUT2D eigenvalue weighted by molar-refractivity contribution is 14.0. The Morgan fingerprint density at radius 3 is 2.44 bits per heavy atom. The third kappa shape index (κ3) is 8.21. The van der Waals surface area contributed by atoms with E-state index in [0.29, 0.717) is 31.5 Å². The van der Waals surface area contributed by atoms with Gasteiger partial charge < -0.3 is 10.6 Å². The van der Waals surface area contributed by atoms with Gasteiger partial charge in [-0.25, -0.2) is 18.4 Å². The summed E-state index contributed by atoms with van der Waals surface area (Å²) in [6, 6.07) is 0. The maximum Gasteiger partial charge on any atom is 0.191 e. The molecule has 25 heavy (non-hydrogen) atoms. The van der Waals surface area contributed by atoms with Crippen LogP contribution < -0.4 is 10.6 Å². The van der Waals surface area contributed by atoms with Crippen molar-refractivity contribution in [3.05, 3.63) is 16.1 Å². The van der Waals surface area contributed by atoms with Crippen molar-refractivity contribution in [1.82, 2.24) is 15.6 Å². The van der Waals surface area contributed by atoms with Crippen LogP contribution in [0.5, 0.6) is 0 Å². The van der Waals surface area contributed by atoms with E-state index in [-0.39, 0.29) is 29.7 Å². The Morgan fingerprint density at radius 1 is 1.32 bits per heavy atom. The average molecular weight is 502 g/mol. The van der Waals surface area contributed by atoms with E-state index in [4.69, 9.17) is 0 Å². The first-order valence-corrected chi connectivity index (χ1v) is 10.8. The molecule has 0 atom stereocenters. The number of aromatic nitrogens is 1. The maximum atomic E-state index is 12.1. The van der Waals surface area contributed by atoms with Crippen LogP contribution in [0.1, 0.15) is 58.2 Å². The monoisotopic (exact) mass is 502 g/mol. The van der Waals surface area contributed by atoms with Gasteiger partial charge in [0.05, 0.1) is 22.7 Å². The molecule has 1 rings (SSSR count). The van der Waals surface area contributed by atoms with Gasteiger partial charge >= 0.3 is 0 Å². The SMILES string of the molecule is CCNC(=NCc1nc(C(C)C)cs1)NCCS(=O)(=O)C(C)(C)C.I. The van der Waals surface area contributed by atoms with E-state index < -0.39 is 14.6 Å². The van der Waals surface area contributed by atoms with Crippen LogP contribution in [0, 0.1) is 0 Å². The summed E-state index contributed by atoms with van der Waals surface area (Å²) in [5.74, 6) is 1.10. The number of aliphatic imine (C=N–C) groups is 1. The quantitative estimate of drug-likeness (QED) is 0.340. The molecule has 9 heteroatoms. The van der Waals surface area contributed by atoms with Crippen LogP contribution in [-0.2, 0) is 16.4 Å². The summed E-state index contributed by atoms with van der Waals surface area (Å²) in [6.07, 6.45) is 0. The Kier molecular flexibility index (Phi) is 10.5. The molecule has 1 aromatic rings. The zero-order chi connectivity index (χ0) is 18.4. The minimum atomic E-state index is -3.14. The lowest BCUT2D eigenvalue weighted by Crippen LogP contribution is -2.41. The van der Waals surface area contributed by atoms with Gasteiger partial charge in [-0.2, -0.15) is 0 Å². The van der Waals surface area contributed by atoms with E-state index in [1.54, 1.807) is 32.1 Å². The zero-order valence-corrected chi connectivity index (χ0v) is 19.9. The average Bonchev–Trinajstić information content (AvgIpc) is 2.92. The number of hydrogen-bond donors (Lipinski definition) is 2. The first-order chi connectivity index (χ1) is 11.1. The molecule has 0 radical (unpaired) electrons. The van der Waals surface area contributed by atoms with E-state index in [1.807, 2.05) is 6.92 Å². The number of nitrogens with one attached hydrogen (secondary N) is 2. The molecule has 1 heterocycles. The summed E-state index contributed by atoms with van der Waals surface area (Å²) in [5.41, 5.74) is 1.08. The minimum absolute atomic E-state index is 0. The molecule has 0 aliphatic heterocycles. The van der Waals surface area contributed by atoms with Gasteiger partial charge in [0, 0.05) is 18.5 Å². The summed E-state index contributed by atoms with van der Waals surface area (Å²) in [7, 11) is -3.14. The third-order valence-electron chi connectivity index (χ3n) is 3.47. The van der Waals surface area contributed by atoms with Gasteiger partial charge in [0.25, 0.3) is 0 Å². The van der Waals surface area contributed by atoms with Gasteiger partial charge in [0.2, 0.25) is 0 Å². The molecule has 6 nitrogen and oxygen atoms in total. The van der Waals surface area contributed by atoms with Crippen LogP contribution in [-0.4, -0.2) is 43.0 Å². The summed E-state index contributed by atoms with van der Waals surface area (Å²) in [5, 5.41) is 9.23. The Hall–Kier alpha value is -0.420. The van der Waals surface area contributed by atoms with Gasteiger partial charge in [-0.3, -0.25) is 0 Å². The van der Waals surface area contributed by atoms with Gasteiger partial charge in [-0.15, -0.1) is 35.3 Å². The summed E-state index contributed by atoms with van der Waals surface area (Å²) < 4.78 is 23.5. The molecule has 0 aliphatic rings. The first-order valence-electron chi connectivity index (χ1n) is 8.25. The van der Waals surface area contributed by atoms with Crippen LogP contribution in [0.4, 0.5) is 0 Å². The van der Waals surface area contributed by atoms with Crippen LogP contribution in [0.3, 0.4) is 0 Å². The van der Waals surface area contributed by atoms with Crippen molar-refractivity contribution in [1.29, 1.82) is 0 Å². The Morgan fingerprint density at radius 2 is 1.96 bits per heavy atom.